The van der Waals surface area contributed by atoms with Crippen LogP contribution in [0.2, 0.25) is 0 Å². The number of carboxylic acids is 1. The van der Waals surface area contributed by atoms with Gasteiger partial charge in [-0.2, -0.15) is 0 Å². The number of amides is 1. The lowest BCUT2D eigenvalue weighted by atomic mass is 10.2. The zero-order chi connectivity index (χ0) is 14.1. The maximum Gasteiger partial charge on any atom is 0.323 e. The van der Waals surface area contributed by atoms with Gasteiger partial charge in [0, 0.05) is 19.6 Å². The van der Waals surface area contributed by atoms with Crippen molar-refractivity contribution in [3.63, 3.8) is 0 Å². The zero-order valence-corrected chi connectivity index (χ0v) is 11.0. The summed E-state index contributed by atoms with van der Waals surface area (Å²) in [6, 6.07) is 0.236. The first-order chi connectivity index (χ1) is 9.63. The second kappa shape index (κ2) is 5.20. The molecule has 2 fully saturated rings. The van der Waals surface area contributed by atoms with E-state index in [0.717, 1.165) is 25.9 Å². The zero-order valence-electron chi connectivity index (χ0n) is 11.0. The molecule has 0 radical (unpaired) electrons. The van der Waals surface area contributed by atoms with Crippen molar-refractivity contribution in [1.29, 1.82) is 0 Å². The summed E-state index contributed by atoms with van der Waals surface area (Å²) in [6.45, 7) is 1.84. The molecular weight excluding hydrogens is 262 g/mol. The fourth-order valence-corrected chi connectivity index (χ4v) is 2.17. The van der Waals surface area contributed by atoms with Crippen LogP contribution in [0.5, 0.6) is 0 Å². The molecule has 20 heavy (non-hydrogen) atoms. The van der Waals surface area contributed by atoms with Gasteiger partial charge in [0.1, 0.15) is 6.54 Å². The summed E-state index contributed by atoms with van der Waals surface area (Å²) in [6.07, 6.45) is 3.73. The van der Waals surface area contributed by atoms with E-state index in [-0.39, 0.29) is 24.2 Å². The smallest absolute Gasteiger partial charge is 0.323 e. The molecule has 1 aromatic heterocycles. The van der Waals surface area contributed by atoms with E-state index in [0.29, 0.717) is 12.5 Å². The van der Waals surface area contributed by atoms with Crippen LogP contribution in [0.1, 0.15) is 29.4 Å². The minimum absolute atomic E-state index is 0.221. The van der Waals surface area contributed by atoms with Crippen LogP contribution in [0.15, 0.2) is 6.20 Å². The van der Waals surface area contributed by atoms with Gasteiger partial charge in [0.2, 0.25) is 0 Å². The molecule has 8 heteroatoms. The molecule has 108 valence electrons. The highest BCUT2D eigenvalue weighted by molar-refractivity contribution is 5.93. The molecule has 1 aliphatic carbocycles. The molecule has 0 bridgehead atoms. The van der Waals surface area contributed by atoms with Gasteiger partial charge in [0.05, 0.1) is 12.2 Å². The van der Waals surface area contributed by atoms with Crippen LogP contribution >= 0.6 is 0 Å². The minimum Gasteiger partial charge on any atom is -0.480 e. The largest absolute Gasteiger partial charge is 0.480 e. The predicted molar refractivity (Wildman–Crippen MR) is 68.2 cm³/mol. The second-order valence-electron chi connectivity index (χ2n) is 5.42. The van der Waals surface area contributed by atoms with Crippen LogP contribution in [0, 0.1) is 5.92 Å². The quantitative estimate of drug-likeness (QED) is 0.718. The lowest BCUT2D eigenvalue weighted by Gasteiger charge is -2.26. The number of aromatic nitrogens is 3. The summed E-state index contributed by atoms with van der Waals surface area (Å²) in [5.41, 5.74) is 0.221. The number of nitrogens with one attached hydrogen (secondary N) is 1. The lowest BCUT2D eigenvalue weighted by Crippen LogP contribution is -2.43. The third-order valence-electron chi connectivity index (χ3n) is 3.65. The third-order valence-corrected chi connectivity index (χ3v) is 3.65. The standard InChI is InChI=1S/C12H17N5O3/c18-11(19)7-16(5-8-1-2-8)12(20)10-6-17(15-14-10)9-3-13-4-9/h6,8-9,13H,1-5,7H2,(H,18,19). The van der Waals surface area contributed by atoms with Crippen LogP contribution in [0.3, 0.4) is 0 Å². The van der Waals surface area contributed by atoms with Crippen LogP contribution in [0.4, 0.5) is 0 Å². The van der Waals surface area contributed by atoms with Gasteiger partial charge in [-0.25, -0.2) is 4.68 Å². The third kappa shape index (κ3) is 2.79. The molecule has 0 unspecified atom stereocenters. The molecule has 8 nitrogen and oxygen atoms in total. The molecule has 1 aliphatic heterocycles. The molecule has 1 aromatic rings. The number of carbonyl (C=O) groups excluding carboxylic acids is 1. The van der Waals surface area contributed by atoms with Gasteiger partial charge in [-0.3, -0.25) is 9.59 Å². The molecule has 1 saturated carbocycles. The Morgan fingerprint density at radius 1 is 1.45 bits per heavy atom. The Bertz CT molecular complexity index is 521. The molecule has 0 atom stereocenters. The Morgan fingerprint density at radius 2 is 2.20 bits per heavy atom. The first kappa shape index (κ1) is 13.0. The molecule has 2 N–H and O–H groups in total. The van der Waals surface area contributed by atoms with E-state index in [4.69, 9.17) is 5.11 Å². The topological polar surface area (TPSA) is 100 Å². The van der Waals surface area contributed by atoms with E-state index in [1.54, 1.807) is 10.9 Å². The predicted octanol–water partition coefficient (Wildman–Crippen LogP) is -0.641. The molecule has 1 saturated heterocycles. The Kier molecular flexibility index (Phi) is 3.39. The van der Waals surface area contributed by atoms with Crippen LogP contribution < -0.4 is 5.32 Å². The summed E-state index contributed by atoms with van der Waals surface area (Å²) in [7, 11) is 0. The molecule has 2 aliphatic rings. The highest BCUT2D eigenvalue weighted by atomic mass is 16.4. The monoisotopic (exact) mass is 279 g/mol. The van der Waals surface area contributed by atoms with Crippen LogP contribution in [0.25, 0.3) is 0 Å². The Labute approximate surface area is 115 Å². The van der Waals surface area contributed by atoms with Gasteiger partial charge in [-0.15, -0.1) is 5.10 Å². The first-order valence-electron chi connectivity index (χ1n) is 6.77. The van der Waals surface area contributed by atoms with Gasteiger partial charge >= 0.3 is 5.97 Å². The molecular formula is C12H17N5O3. The summed E-state index contributed by atoms with van der Waals surface area (Å²) in [4.78, 5) is 24.5. The highest BCUT2D eigenvalue weighted by Gasteiger charge is 2.30. The Morgan fingerprint density at radius 3 is 2.75 bits per heavy atom. The van der Waals surface area contributed by atoms with Crippen molar-refractivity contribution in [1.82, 2.24) is 25.2 Å². The molecule has 0 aromatic carbocycles. The SMILES string of the molecule is O=C(O)CN(CC1CC1)C(=O)c1cn(C2CNC2)nn1. The molecule has 3 rings (SSSR count). The number of carboxylic acid groups (broad SMARTS) is 1. The van der Waals surface area contributed by atoms with Crippen LogP contribution in [-0.2, 0) is 4.79 Å². The second-order valence-corrected chi connectivity index (χ2v) is 5.42. The van der Waals surface area contributed by atoms with Crippen molar-refractivity contribution in [3.8, 4) is 0 Å². The van der Waals surface area contributed by atoms with E-state index in [9.17, 15) is 9.59 Å². The minimum atomic E-state index is -1.01. The van der Waals surface area contributed by atoms with Crippen molar-refractivity contribution in [2.45, 2.75) is 18.9 Å². The summed E-state index contributed by atoms with van der Waals surface area (Å²) in [5.74, 6) is -0.920. The van der Waals surface area contributed by atoms with Gasteiger partial charge in [0.15, 0.2) is 5.69 Å². The number of hydrogen-bond donors (Lipinski definition) is 2. The fourth-order valence-electron chi connectivity index (χ4n) is 2.17. The van der Waals surface area contributed by atoms with Crippen molar-refractivity contribution < 1.29 is 14.7 Å². The van der Waals surface area contributed by atoms with E-state index in [1.807, 2.05) is 0 Å². The van der Waals surface area contributed by atoms with Gasteiger partial charge in [0.25, 0.3) is 5.91 Å². The maximum atomic E-state index is 12.3. The molecule has 0 spiro atoms. The fraction of sp³-hybridized carbons (Fsp3) is 0.667. The normalized spacial score (nSPS) is 18.6. The van der Waals surface area contributed by atoms with Crippen molar-refractivity contribution >= 4 is 11.9 Å². The Hall–Kier alpha value is -1.96. The molecule has 2 heterocycles. The van der Waals surface area contributed by atoms with Crippen molar-refractivity contribution in [3.05, 3.63) is 11.9 Å². The number of aliphatic carboxylic acids is 1. The number of nitrogens with zero attached hydrogens (tertiary/aromatic N) is 4. The van der Waals surface area contributed by atoms with Gasteiger partial charge in [-0.1, -0.05) is 5.21 Å². The van der Waals surface area contributed by atoms with Crippen molar-refractivity contribution in [2.75, 3.05) is 26.2 Å². The average molecular weight is 279 g/mol. The van der Waals surface area contributed by atoms with Crippen LogP contribution in [-0.4, -0.2) is 63.1 Å². The summed E-state index contributed by atoms with van der Waals surface area (Å²) >= 11 is 0. The van der Waals surface area contributed by atoms with E-state index < -0.39 is 5.97 Å². The first-order valence-corrected chi connectivity index (χ1v) is 6.77. The van der Waals surface area contributed by atoms with E-state index in [2.05, 4.69) is 15.6 Å². The number of rotatable bonds is 6. The van der Waals surface area contributed by atoms with Gasteiger partial charge < -0.3 is 15.3 Å². The number of carbonyl (C=O) groups is 2. The molecule has 1 amide bonds. The van der Waals surface area contributed by atoms with E-state index in [1.165, 1.54) is 4.90 Å². The lowest BCUT2D eigenvalue weighted by molar-refractivity contribution is -0.137. The maximum absolute atomic E-state index is 12.3. The average Bonchev–Trinajstić information content (AvgIpc) is 3.01. The van der Waals surface area contributed by atoms with E-state index >= 15 is 0 Å². The highest BCUT2D eigenvalue weighted by Crippen LogP contribution is 2.30. The van der Waals surface area contributed by atoms with Gasteiger partial charge in [-0.05, 0) is 18.8 Å². The Balaban J connectivity index is 1.69. The van der Waals surface area contributed by atoms with Crippen molar-refractivity contribution in [2.24, 2.45) is 5.92 Å². The summed E-state index contributed by atoms with van der Waals surface area (Å²) in [5, 5.41) is 19.9. The summed E-state index contributed by atoms with van der Waals surface area (Å²) < 4.78 is 1.67. The number of hydrogen-bond acceptors (Lipinski definition) is 5.